The first-order chi connectivity index (χ1) is 10.8. The van der Waals surface area contributed by atoms with Gasteiger partial charge in [0.05, 0.1) is 6.61 Å². The second-order valence-electron chi connectivity index (χ2n) is 6.26. The lowest BCUT2D eigenvalue weighted by Crippen LogP contribution is -2.05. The number of halogens is 1. The van der Waals surface area contributed by atoms with E-state index < -0.39 is 0 Å². The quantitative estimate of drug-likeness (QED) is 0.158. The molecular formula is C19H37BrO2. The average Bonchev–Trinajstić information content (AvgIpc) is 2.52. The van der Waals surface area contributed by atoms with Gasteiger partial charge in [-0.15, -0.1) is 0 Å². The third-order valence-electron chi connectivity index (χ3n) is 4.03. The van der Waals surface area contributed by atoms with Crippen LogP contribution in [0.4, 0.5) is 0 Å². The Bertz CT molecular complexity index is 231. The molecular weight excluding hydrogens is 340 g/mol. The van der Waals surface area contributed by atoms with E-state index >= 15 is 0 Å². The molecule has 0 radical (unpaired) electrons. The zero-order chi connectivity index (χ0) is 16.3. The standard InChI is InChI=1S/C19H37BrO2/c1-2-3-4-5-6-7-8-12-15-18-22-19(21)16-13-10-9-11-14-17-20/h2-18H2,1H3. The van der Waals surface area contributed by atoms with Crippen molar-refractivity contribution in [3.63, 3.8) is 0 Å². The lowest BCUT2D eigenvalue weighted by Gasteiger charge is -2.05. The van der Waals surface area contributed by atoms with Gasteiger partial charge in [0.25, 0.3) is 0 Å². The van der Waals surface area contributed by atoms with E-state index in [-0.39, 0.29) is 5.97 Å². The fourth-order valence-electron chi connectivity index (χ4n) is 2.57. The minimum Gasteiger partial charge on any atom is -0.466 e. The number of alkyl halides is 1. The van der Waals surface area contributed by atoms with Crippen molar-refractivity contribution in [1.29, 1.82) is 0 Å². The molecule has 0 atom stereocenters. The molecule has 22 heavy (non-hydrogen) atoms. The highest BCUT2D eigenvalue weighted by molar-refractivity contribution is 9.09. The average molecular weight is 377 g/mol. The molecule has 0 unspecified atom stereocenters. The Morgan fingerprint density at radius 2 is 1.23 bits per heavy atom. The van der Waals surface area contributed by atoms with Crippen LogP contribution in [-0.2, 0) is 9.53 Å². The van der Waals surface area contributed by atoms with Gasteiger partial charge >= 0.3 is 5.97 Å². The number of rotatable bonds is 17. The number of hydrogen-bond donors (Lipinski definition) is 0. The molecule has 0 aromatic heterocycles. The van der Waals surface area contributed by atoms with Gasteiger partial charge < -0.3 is 4.74 Å². The van der Waals surface area contributed by atoms with Crippen LogP contribution in [0.3, 0.4) is 0 Å². The molecule has 0 aliphatic carbocycles. The molecule has 0 fully saturated rings. The van der Waals surface area contributed by atoms with E-state index in [2.05, 4.69) is 22.9 Å². The van der Waals surface area contributed by atoms with Crippen LogP contribution in [0.25, 0.3) is 0 Å². The van der Waals surface area contributed by atoms with Crippen molar-refractivity contribution in [3.8, 4) is 0 Å². The summed E-state index contributed by atoms with van der Waals surface area (Å²) in [7, 11) is 0. The van der Waals surface area contributed by atoms with Gasteiger partial charge in [0.15, 0.2) is 0 Å². The third-order valence-corrected chi connectivity index (χ3v) is 4.59. The monoisotopic (exact) mass is 376 g/mol. The van der Waals surface area contributed by atoms with E-state index in [0.717, 1.165) is 24.6 Å². The molecule has 0 saturated heterocycles. The first-order valence-corrected chi connectivity index (χ1v) is 10.6. The van der Waals surface area contributed by atoms with Crippen molar-refractivity contribution < 1.29 is 9.53 Å². The highest BCUT2D eigenvalue weighted by atomic mass is 79.9. The predicted molar refractivity (Wildman–Crippen MR) is 99.7 cm³/mol. The van der Waals surface area contributed by atoms with E-state index in [4.69, 9.17) is 4.74 Å². The summed E-state index contributed by atoms with van der Waals surface area (Å²) in [6, 6.07) is 0. The lowest BCUT2D eigenvalue weighted by molar-refractivity contribution is -0.143. The summed E-state index contributed by atoms with van der Waals surface area (Å²) >= 11 is 3.43. The first kappa shape index (κ1) is 21.9. The minimum atomic E-state index is 0.0000529. The summed E-state index contributed by atoms with van der Waals surface area (Å²) in [5, 5.41) is 1.09. The molecule has 132 valence electrons. The lowest BCUT2D eigenvalue weighted by atomic mass is 10.1. The van der Waals surface area contributed by atoms with Crippen LogP contribution in [0, 0.1) is 0 Å². The number of ether oxygens (including phenoxy) is 1. The van der Waals surface area contributed by atoms with Gasteiger partial charge in [0.1, 0.15) is 0 Å². The number of hydrogen-bond acceptors (Lipinski definition) is 2. The SMILES string of the molecule is CCCCCCCCCCCOC(=O)CCCCCCCBr. The summed E-state index contributed by atoms with van der Waals surface area (Å²) in [5.41, 5.74) is 0. The Balaban J connectivity index is 3.12. The number of unbranched alkanes of at least 4 members (excludes halogenated alkanes) is 12. The molecule has 0 aromatic rings. The Hall–Kier alpha value is -0.0500. The summed E-state index contributed by atoms with van der Waals surface area (Å²) in [6.45, 7) is 2.88. The van der Waals surface area contributed by atoms with Gasteiger partial charge in [-0.1, -0.05) is 93.5 Å². The fourth-order valence-corrected chi connectivity index (χ4v) is 2.96. The molecule has 0 saturated carbocycles. The smallest absolute Gasteiger partial charge is 0.305 e. The van der Waals surface area contributed by atoms with Crippen LogP contribution < -0.4 is 0 Å². The summed E-state index contributed by atoms with van der Waals surface area (Å²) in [6.07, 6.45) is 18.2. The number of esters is 1. The molecule has 2 nitrogen and oxygen atoms in total. The normalized spacial score (nSPS) is 10.8. The Labute approximate surface area is 146 Å². The summed E-state index contributed by atoms with van der Waals surface area (Å²) in [5.74, 6) is 0.0000529. The summed E-state index contributed by atoms with van der Waals surface area (Å²) in [4.78, 5) is 11.5. The van der Waals surface area contributed by atoms with E-state index in [1.807, 2.05) is 0 Å². The van der Waals surface area contributed by atoms with E-state index in [1.54, 1.807) is 0 Å². The van der Waals surface area contributed by atoms with Crippen LogP contribution >= 0.6 is 15.9 Å². The van der Waals surface area contributed by atoms with E-state index in [0.29, 0.717) is 13.0 Å². The Morgan fingerprint density at radius 3 is 1.82 bits per heavy atom. The third kappa shape index (κ3) is 18.0. The zero-order valence-electron chi connectivity index (χ0n) is 14.7. The molecule has 0 aliphatic heterocycles. The number of carbonyl (C=O) groups is 1. The van der Waals surface area contributed by atoms with Crippen LogP contribution in [0.5, 0.6) is 0 Å². The number of carbonyl (C=O) groups excluding carboxylic acids is 1. The van der Waals surface area contributed by atoms with Crippen molar-refractivity contribution in [1.82, 2.24) is 0 Å². The van der Waals surface area contributed by atoms with Gasteiger partial charge in [-0.3, -0.25) is 4.79 Å². The van der Waals surface area contributed by atoms with Crippen LogP contribution in [-0.4, -0.2) is 17.9 Å². The van der Waals surface area contributed by atoms with Crippen molar-refractivity contribution in [2.45, 2.75) is 103 Å². The topological polar surface area (TPSA) is 26.3 Å². The molecule has 3 heteroatoms. The summed E-state index contributed by atoms with van der Waals surface area (Å²) < 4.78 is 5.28. The fraction of sp³-hybridized carbons (Fsp3) is 0.947. The maximum Gasteiger partial charge on any atom is 0.305 e. The van der Waals surface area contributed by atoms with Crippen molar-refractivity contribution in [3.05, 3.63) is 0 Å². The van der Waals surface area contributed by atoms with Crippen LogP contribution in [0.15, 0.2) is 0 Å². The molecule has 0 aromatic carbocycles. The largest absolute Gasteiger partial charge is 0.466 e. The van der Waals surface area contributed by atoms with Crippen LogP contribution in [0.1, 0.15) is 103 Å². The van der Waals surface area contributed by atoms with Gasteiger partial charge in [0, 0.05) is 11.8 Å². The molecule has 0 N–H and O–H groups in total. The van der Waals surface area contributed by atoms with Crippen molar-refractivity contribution in [2.24, 2.45) is 0 Å². The van der Waals surface area contributed by atoms with Gasteiger partial charge in [-0.25, -0.2) is 0 Å². The first-order valence-electron chi connectivity index (χ1n) is 9.52. The second kappa shape index (κ2) is 19.0. The second-order valence-corrected chi connectivity index (χ2v) is 7.05. The zero-order valence-corrected chi connectivity index (χ0v) is 16.3. The van der Waals surface area contributed by atoms with Gasteiger partial charge in [0.2, 0.25) is 0 Å². The molecule has 0 aliphatic rings. The molecule has 0 bridgehead atoms. The maximum atomic E-state index is 11.5. The van der Waals surface area contributed by atoms with Crippen molar-refractivity contribution >= 4 is 21.9 Å². The molecule has 0 spiro atoms. The maximum absolute atomic E-state index is 11.5. The highest BCUT2D eigenvalue weighted by Crippen LogP contribution is 2.10. The van der Waals surface area contributed by atoms with Gasteiger partial charge in [-0.05, 0) is 19.3 Å². The van der Waals surface area contributed by atoms with Crippen LogP contribution in [0.2, 0.25) is 0 Å². The van der Waals surface area contributed by atoms with E-state index in [1.165, 1.54) is 70.6 Å². The van der Waals surface area contributed by atoms with Crippen molar-refractivity contribution in [2.75, 3.05) is 11.9 Å². The Morgan fingerprint density at radius 1 is 0.727 bits per heavy atom. The molecule has 0 amide bonds. The predicted octanol–water partition coefficient (Wildman–Crippen LogP) is 6.80. The molecule has 0 heterocycles. The highest BCUT2D eigenvalue weighted by Gasteiger charge is 2.02. The minimum absolute atomic E-state index is 0.0000529. The van der Waals surface area contributed by atoms with Gasteiger partial charge in [-0.2, -0.15) is 0 Å². The van der Waals surface area contributed by atoms with E-state index in [9.17, 15) is 4.79 Å². The Kier molecular flexibility index (Phi) is 19.0. The molecule has 0 rings (SSSR count).